The Morgan fingerprint density at radius 2 is 1.58 bits per heavy atom. The molecule has 2 aliphatic rings. The molecule has 1 atom stereocenters. The lowest BCUT2D eigenvalue weighted by molar-refractivity contribution is -0.137. The highest BCUT2D eigenvalue weighted by Gasteiger charge is 2.34. The van der Waals surface area contributed by atoms with E-state index in [1.54, 1.807) is 0 Å². The molecule has 0 spiro atoms. The van der Waals surface area contributed by atoms with Crippen LogP contribution in [0.2, 0.25) is 0 Å². The molecule has 0 radical (unpaired) electrons. The predicted octanol–water partition coefficient (Wildman–Crippen LogP) is 5.05. The number of halogens is 3. The van der Waals surface area contributed by atoms with Gasteiger partial charge in [-0.15, -0.1) is 0 Å². The van der Waals surface area contributed by atoms with Gasteiger partial charge in [0, 0.05) is 30.7 Å². The van der Waals surface area contributed by atoms with Gasteiger partial charge in [-0.1, -0.05) is 24.3 Å². The highest BCUT2D eigenvalue weighted by atomic mass is 19.4. The zero-order chi connectivity index (χ0) is 23.8. The second kappa shape index (κ2) is 9.47. The summed E-state index contributed by atoms with van der Waals surface area (Å²) < 4.78 is 38.6. The number of benzene rings is 2. The molecular weight excluding hydrogens is 429 g/mol. The van der Waals surface area contributed by atoms with Crippen LogP contribution in [-0.2, 0) is 6.18 Å². The van der Waals surface area contributed by atoms with Crippen LogP contribution in [0.25, 0.3) is 11.1 Å². The molecule has 33 heavy (non-hydrogen) atoms. The van der Waals surface area contributed by atoms with Crippen molar-refractivity contribution >= 4 is 5.91 Å². The first kappa shape index (κ1) is 23.8. The van der Waals surface area contributed by atoms with E-state index in [9.17, 15) is 23.1 Å². The van der Waals surface area contributed by atoms with Gasteiger partial charge < -0.3 is 10.0 Å². The fourth-order valence-electron chi connectivity index (χ4n) is 5.41. The largest absolute Gasteiger partial charge is 0.416 e. The lowest BCUT2D eigenvalue weighted by atomic mass is 9.93. The summed E-state index contributed by atoms with van der Waals surface area (Å²) in [6, 6.07) is 9.55. The fourth-order valence-corrected chi connectivity index (χ4v) is 5.41. The molecule has 178 valence electrons. The number of aliphatic hydroxyl groups excluding tert-OH is 1. The van der Waals surface area contributed by atoms with E-state index in [1.165, 1.54) is 12.1 Å². The summed E-state index contributed by atoms with van der Waals surface area (Å²) in [6.45, 7) is 6.37. The smallest absolute Gasteiger partial charge is 0.395 e. The van der Waals surface area contributed by atoms with Gasteiger partial charge in [0.05, 0.1) is 12.2 Å². The average molecular weight is 461 g/mol. The van der Waals surface area contributed by atoms with E-state index in [0.717, 1.165) is 61.1 Å². The van der Waals surface area contributed by atoms with E-state index in [1.807, 2.05) is 30.9 Å². The minimum absolute atomic E-state index is 0.0162. The van der Waals surface area contributed by atoms with Crippen LogP contribution < -0.4 is 0 Å². The van der Waals surface area contributed by atoms with Gasteiger partial charge >= 0.3 is 6.18 Å². The van der Waals surface area contributed by atoms with Crippen molar-refractivity contribution in [3.63, 3.8) is 0 Å². The summed E-state index contributed by atoms with van der Waals surface area (Å²) in [4.78, 5) is 17.7. The van der Waals surface area contributed by atoms with Crippen LogP contribution in [0.15, 0.2) is 36.4 Å². The normalized spacial score (nSPS) is 20.4. The number of carbonyl (C=O) groups excluding carboxylic acids is 1. The molecule has 2 fully saturated rings. The number of hydrogen-bond acceptors (Lipinski definition) is 3. The number of likely N-dealkylation sites (tertiary alicyclic amines) is 2. The van der Waals surface area contributed by atoms with Crippen molar-refractivity contribution in [2.45, 2.75) is 57.8 Å². The summed E-state index contributed by atoms with van der Waals surface area (Å²) in [5, 5.41) is 9.61. The Morgan fingerprint density at radius 1 is 0.970 bits per heavy atom. The average Bonchev–Trinajstić information content (AvgIpc) is 3.27. The van der Waals surface area contributed by atoms with Crippen molar-refractivity contribution < 1.29 is 23.1 Å². The Balaban J connectivity index is 1.47. The molecule has 2 aromatic carbocycles. The van der Waals surface area contributed by atoms with Crippen molar-refractivity contribution in [1.29, 1.82) is 0 Å². The zero-order valence-corrected chi connectivity index (χ0v) is 19.2. The lowest BCUT2D eigenvalue weighted by Gasteiger charge is -2.39. The monoisotopic (exact) mass is 460 g/mol. The second-order valence-electron chi connectivity index (χ2n) is 9.30. The molecule has 2 saturated heterocycles. The second-order valence-corrected chi connectivity index (χ2v) is 9.30. The van der Waals surface area contributed by atoms with Crippen LogP contribution >= 0.6 is 0 Å². The van der Waals surface area contributed by atoms with Gasteiger partial charge in [-0.25, -0.2) is 0 Å². The Morgan fingerprint density at radius 3 is 2.12 bits per heavy atom. The van der Waals surface area contributed by atoms with Crippen LogP contribution in [0, 0.1) is 13.8 Å². The van der Waals surface area contributed by atoms with Crippen molar-refractivity contribution in [3.05, 3.63) is 58.7 Å². The highest BCUT2D eigenvalue weighted by molar-refractivity contribution is 5.98. The maximum Gasteiger partial charge on any atom is 0.416 e. The number of piperidine rings is 1. The first-order valence-electron chi connectivity index (χ1n) is 11.6. The Kier molecular flexibility index (Phi) is 6.82. The summed E-state index contributed by atoms with van der Waals surface area (Å²) in [7, 11) is 0. The first-order chi connectivity index (χ1) is 15.7. The van der Waals surface area contributed by atoms with Gasteiger partial charge in [-0.3, -0.25) is 9.69 Å². The number of aliphatic hydroxyl groups is 1. The Hall–Kier alpha value is -2.38. The van der Waals surface area contributed by atoms with Gasteiger partial charge in [0.2, 0.25) is 0 Å². The molecule has 4 rings (SSSR count). The van der Waals surface area contributed by atoms with Crippen LogP contribution in [0.3, 0.4) is 0 Å². The molecule has 0 unspecified atom stereocenters. The number of aryl methyl sites for hydroxylation is 2. The third kappa shape index (κ3) is 4.94. The summed E-state index contributed by atoms with van der Waals surface area (Å²) in [5.74, 6) is 0.0162. The van der Waals surface area contributed by atoms with E-state index >= 15 is 0 Å². The number of nitrogens with zero attached hydrogens (tertiary/aromatic N) is 2. The molecule has 2 aliphatic heterocycles. The van der Waals surface area contributed by atoms with Crippen molar-refractivity contribution in [2.24, 2.45) is 0 Å². The molecule has 1 N–H and O–H groups in total. The van der Waals surface area contributed by atoms with Crippen molar-refractivity contribution in [2.75, 3.05) is 26.2 Å². The molecule has 7 heteroatoms. The van der Waals surface area contributed by atoms with Crippen molar-refractivity contribution in [1.82, 2.24) is 9.80 Å². The topological polar surface area (TPSA) is 43.8 Å². The summed E-state index contributed by atoms with van der Waals surface area (Å²) >= 11 is 0. The molecule has 0 bridgehead atoms. The van der Waals surface area contributed by atoms with Crippen LogP contribution in [0.5, 0.6) is 0 Å². The molecule has 2 heterocycles. The van der Waals surface area contributed by atoms with E-state index in [4.69, 9.17) is 0 Å². The van der Waals surface area contributed by atoms with E-state index in [-0.39, 0.29) is 18.6 Å². The summed E-state index contributed by atoms with van der Waals surface area (Å²) in [6.07, 6.45) is -0.386. The molecule has 4 nitrogen and oxygen atoms in total. The maximum absolute atomic E-state index is 13.3. The fraction of sp³-hybridized carbons (Fsp3) is 0.500. The van der Waals surface area contributed by atoms with Crippen molar-refractivity contribution in [3.8, 4) is 11.1 Å². The Bertz CT molecular complexity index is 973. The lowest BCUT2D eigenvalue weighted by Crippen LogP contribution is -2.49. The van der Waals surface area contributed by atoms with E-state index in [2.05, 4.69) is 4.90 Å². The van der Waals surface area contributed by atoms with Crippen LogP contribution in [0.1, 0.15) is 52.7 Å². The number of alkyl halides is 3. The van der Waals surface area contributed by atoms with E-state index in [0.29, 0.717) is 30.3 Å². The van der Waals surface area contributed by atoms with Crippen LogP contribution in [0.4, 0.5) is 13.2 Å². The molecule has 0 saturated carbocycles. The number of carbonyl (C=O) groups is 1. The van der Waals surface area contributed by atoms with E-state index < -0.39 is 11.7 Å². The van der Waals surface area contributed by atoms with Gasteiger partial charge in [-0.2, -0.15) is 13.2 Å². The van der Waals surface area contributed by atoms with Crippen LogP contribution in [-0.4, -0.2) is 59.1 Å². The number of rotatable bonds is 4. The molecule has 0 aliphatic carbocycles. The standard InChI is InChI=1S/C26H31F3N2O2/c1-17-14-20(19-5-7-21(8-6-19)26(27,28)29)15-18(2)24(17)25(33)30-12-9-22(10-13-30)31-11-3-4-23(31)16-32/h5-8,14-15,22-23,32H,3-4,9-13,16H2,1-2H3/t23-/m0/s1. The molecular formula is C26H31F3N2O2. The quantitative estimate of drug-likeness (QED) is 0.695. The third-order valence-corrected chi connectivity index (χ3v) is 7.15. The Labute approximate surface area is 193 Å². The zero-order valence-electron chi connectivity index (χ0n) is 19.2. The van der Waals surface area contributed by atoms with Gasteiger partial charge in [0.25, 0.3) is 5.91 Å². The maximum atomic E-state index is 13.3. The SMILES string of the molecule is Cc1cc(-c2ccc(C(F)(F)F)cc2)cc(C)c1C(=O)N1CCC(N2CCC[C@H]2CO)CC1. The van der Waals surface area contributed by atoms with Gasteiger partial charge in [0.1, 0.15) is 0 Å². The molecule has 2 aromatic rings. The highest BCUT2D eigenvalue weighted by Crippen LogP contribution is 2.33. The molecule has 1 amide bonds. The molecule has 0 aromatic heterocycles. The third-order valence-electron chi connectivity index (χ3n) is 7.15. The first-order valence-corrected chi connectivity index (χ1v) is 11.6. The van der Waals surface area contributed by atoms with Gasteiger partial charge in [-0.05, 0) is 80.5 Å². The van der Waals surface area contributed by atoms with Gasteiger partial charge in [0.15, 0.2) is 0 Å². The summed E-state index contributed by atoms with van der Waals surface area (Å²) in [5.41, 5.74) is 3.16. The predicted molar refractivity (Wildman–Crippen MR) is 122 cm³/mol. The number of amides is 1. The minimum Gasteiger partial charge on any atom is -0.395 e. The minimum atomic E-state index is -4.36. The number of hydrogen-bond donors (Lipinski definition) is 1.